The number of hydrogen-bond donors (Lipinski definition) is 2. The van der Waals surface area contributed by atoms with E-state index in [4.69, 9.17) is 17.3 Å². The third-order valence-electron chi connectivity index (χ3n) is 4.02. The molecule has 0 radical (unpaired) electrons. The van der Waals surface area contributed by atoms with Gasteiger partial charge in [0.2, 0.25) is 0 Å². The fraction of sp³-hybridized carbons (Fsp3) is 0.375. The average Bonchev–Trinajstić information content (AvgIpc) is 3.00. The SMILES string of the molecule is Cl.NC1CCC(NC(=O)c2cnn(-c3cccc(Cl)c3)c2)CC1. The Bertz CT molecular complexity index is 666. The average molecular weight is 355 g/mol. The highest BCUT2D eigenvalue weighted by Crippen LogP contribution is 2.18. The lowest BCUT2D eigenvalue weighted by atomic mass is 9.92. The molecule has 1 heterocycles. The monoisotopic (exact) mass is 354 g/mol. The quantitative estimate of drug-likeness (QED) is 0.889. The van der Waals surface area contributed by atoms with E-state index in [0.717, 1.165) is 31.4 Å². The molecule has 0 aliphatic heterocycles. The molecule has 0 spiro atoms. The van der Waals surface area contributed by atoms with Crippen molar-refractivity contribution in [2.75, 3.05) is 0 Å². The minimum absolute atomic E-state index is 0. The van der Waals surface area contributed by atoms with Gasteiger partial charge >= 0.3 is 0 Å². The molecule has 1 aliphatic carbocycles. The van der Waals surface area contributed by atoms with Crippen LogP contribution in [0.25, 0.3) is 5.69 Å². The number of halogens is 2. The van der Waals surface area contributed by atoms with Crippen molar-refractivity contribution in [1.29, 1.82) is 0 Å². The molecule has 0 bridgehead atoms. The van der Waals surface area contributed by atoms with E-state index in [1.165, 1.54) is 0 Å². The Hall–Kier alpha value is -1.56. The maximum absolute atomic E-state index is 12.3. The van der Waals surface area contributed by atoms with Crippen LogP contribution in [0, 0.1) is 0 Å². The van der Waals surface area contributed by atoms with Gasteiger partial charge in [0.15, 0.2) is 0 Å². The van der Waals surface area contributed by atoms with E-state index in [1.54, 1.807) is 29.2 Å². The van der Waals surface area contributed by atoms with Gasteiger partial charge in [0.25, 0.3) is 5.91 Å². The summed E-state index contributed by atoms with van der Waals surface area (Å²) < 4.78 is 1.65. The summed E-state index contributed by atoms with van der Waals surface area (Å²) in [6, 6.07) is 7.84. The molecule has 23 heavy (non-hydrogen) atoms. The Morgan fingerprint density at radius 3 is 2.74 bits per heavy atom. The number of benzene rings is 1. The first-order valence-corrected chi connectivity index (χ1v) is 7.86. The first-order chi connectivity index (χ1) is 10.6. The second-order valence-corrected chi connectivity index (χ2v) is 6.18. The Morgan fingerprint density at radius 1 is 1.30 bits per heavy atom. The van der Waals surface area contributed by atoms with E-state index in [1.807, 2.05) is 12.1 Å². The van der Waals surface area contributed by atoms with Crippen molar-refractivity contribution in [3.8, 4) is 5.69 Å². The van der Waals surface area contributed by atoms with Gasteiger partial charge in [-0.15, -0.1) is 12.4 Å². The van der Waals surface area contributed by atoms with Crippen LogP contribution in [0.1, 0.15) is 36.0 Å². The van der Waals surface area contributed by atoms with E-state index in [9.17, 15) is 4.79 Å². The number of carbonyl (C=O) groups excluding carboxylic acids is 1. The molecule has 124 valence electrons. The smallest absolute Gasteiger partial charge is 0.254 e. The summed E-state index contributed by atoms with van der Waals surface area (Å²) in [6.07, 6.45) is 7.10. The molecule has 0 saturated heterocycles. The first-order valence-electron chi connectivity index (χ1n) is 7.49. The van der Waals surface area contributed by atoms with Crippen molar-refractivity contribution >= 4 is 29.9 Å². The van der Waals surface area contributed by atoms with Gasteiger partial charge in [-0.25, -0.2) is 4.68 Å². The van der Waals surface area contributed by atoms with Crippen molar-refractivity contribution in [2.24, 2.45) is 5.73 Å². The van der Waals surface area contributed by atoms with Crippen molar-refractivity contribution in [1.82, 2.24) is 15.1 Å². The van der Waals surface area contributed by atoms with E-state index < -0.39 is 0 Å². The lowest BCUT2D eigenvalue weighted by Gasteiger charge is -2.26. The van der Waals surface area contributed by atoms with Crippen LogP contribution in [0.2, 0.25) is 5.02 Å². The Kier molecular flexibility index (Phi) is 6.04. The van der Waals surface area contributed by atoms with Crippen LogP contribution in [0.4, 0.5) is 0 Å². The summed E-state index contributed by atoms with van der Waals surface area (Å²) in [4.78, 5) is 12.3. The number of nitrogens with two attached hydrogens (primary N) is 1. The van der Waals surface area contributed by atoms with E-state index in [-0.39, 0.29) is 30.4 Å². The molecule has 1 saturated carbocycles. The standard InChI is InChI=1S/C16H19ClN4O.ClH/c17-12-2-1-3-15(8-12)21-10-11(9-19-21)16(22)20-14-6-4-13(18)5-7-14;/h1-3,8-10,13-14H,4-7,18H2,(H,20,22);1H. The zero-order valence-electron chi connectivity index (χ0n) is 12.6. The van der Waals surface area contributed by atoms with E-state index >= 15 is 0 Å². The number of nitrogens with zero attached hydrogens (tertiary/aromatic N) is 2. The Labute approximate surface area is 146 Å². The van der Waals surface area contributed by atoms with Crippen molar-refractivity contribution in [2.45, 2.75) is 37.8 Å². The molecule has 1 amide bonds. The minimum atomic E-state index is -0.0891. The molecule has 0 unspecified atom stereocenters. The topological polar surface area (TPSA) is 72.9 Å². The zero-order valence-corrected chi connectivity index (χ0v) is 14.2. The predicted octanol–water partition coefficient (Wildman–Crippen LogP) is 2.95. The highest BCUT2D eigenvalue weighted by molar-refractivity contribution is 6.30. The zero-order chi connectivity index (χ0) is 15.5. The maximum atomic E-state index is 12.3. The first kappa shape index (κ1) is 17.8. The predicted molar refractivity (Wildman–Crippen MR) is 93.5 cm³/mol. The second-order valence-electron chi connectivity index (χ2n) is 5.74. The van der Waals surface area contributed by atoms with Crippen LogP contribution in [0.5, 0.6) is 0 Å². The summed E-state index contributed by atoms with van der Waals surface area (Å²) in [5, 5.41) is 7.93. The lowest BCUT2D eigenvalue weighted by Crippen LogP contribution is -2.40. The van der Waals surface area contributed by atoms with Crippen LogP contribution < -0.4 is 11.1 Å². The summed E-state index contributed by atoms with van der Waals surface area (Å²) in [5.74, 6) is -0.0891. The maximum Gasteiger partial charge on any atom is 0.254 e. The fourth-order valence-electron chi connectivity index (χ4n) is 2.73. The van der Waals surface area contributed by atoms with Crippen molar-refractivity contribution in [3.63, 3.8) is 0 Å². The van der Waals surface area contributed by atoms with Gasteiger partial charge in [-0.1, -0.05) is 17.7 Å². The van der Waals surface area contributed by atoms with Gasteiger partial charge in [0, 0.05) is 23.3 Å². The summed E-state index contributed by atoms with van der Waals surface area (Å²) in [7, 11) is 0. The molecule has 1 aliphatic rings. The number of amides is 1. The number of carbonyl (C=O) groups is 1. The molecule has 1 aromatic carbocycles. The van der Waals surface area contributed by atoms with Crippen LogP contribution in [0.15, 0.2) is 36.7 Å². The fourth-order valence-corrected chi connectivity index (χ4v) is 2.92. The molecule has 3 N–H and O–H groups in total. The van der Waals surface area contributed by atoms with Gasteiger partial charge in [0.1, 0.15) is 0 Å². The third-order valence-corrected chi connectivity index (χ3v) is 4.26. The summed E-state index contributed by atoms with van der Waals surface area (Å²) in [6.45, 7) is 0. The van der Waals surface area contributed by atoms with Gasteiger partial charge < -0.3 is 11.1 Å². The number of hydrogen-bond acceptors (Lipinski definition) is 3. The molecule has 1 aromatic heterocycles. The highest BCUT2D eigenvalue weighted by atomic mass is 35.5. The number of nitrogens with one attached hydrogen (secondary N) is 1. The normalized spacial score (nSPS) is 20.6. The second kappa shape index (κ2) is 7.81. The van der Waals surface area contributed by atoms with Crippen molar-refractivity contribution < 1.29 is 4.79 Å². The molecular weight excluding hydrogens is 335 g/mol. The largest absolute Gasteiger partial charge is 0.349 e. The molecule has 0 atom stereocenters. The Balaban J connectivity index is 0.00000192. The highest BCUT2D eigenvalue weighted by Gasteiger charge is 2.21. The van der Waals surface area contributed by atoms with E-state index in [0.29, 0.717) is 10.6 Å². The van der Waals surface area contributed by atoms with Gasteiger partial charge in [-0.2, -0.15) is 5.10 Å². The minimum Gasteiger partial charge on any atom is -0.349 e. The molecule has 5 nitrogen and oxygen atoms in total. The van der Waals surface area contributed by atoms with E-state index in [2.05, 4.69) is 10.4 Å². The van der Waals surface area contributed by atoms with Crippen LogP contribution in [0.3, 0.4) is 0 Å². The van der Waals surface area contributed by atoms with Crippen LogP contribution in [-0.4, -0.2) is 27.8 Å². The molecule has 1 fully saturated rings. The van der Waals surface area contributed by atoms with Crippen LogP contribution in [-0.2, 0) is 0 Å². The third kappa shape index (κ3) is 4.47. The van der Waals surface area contributed by atoms with Crippen LogP contribution >= 0.6 is 24.0 Å². The van der Waals surface area contributed by atoms with Gasteiger partial charge in [0.05, 0.1) is 17.4 Å². The van der Waals surface area contributed by atoms with Crippen molar-refractivity contribution in [3.05, 3.63) is 47.2 Å². The van der Waals surface area contributed by atoms with Gasteiger partial charge in [-0.05, 0) is 43.9 Å². The Morgan fingerprint density at radius 2 is 2.04 bits per heavy atom. The number of aromatic nitrogens is 2. The summed E-state index contributed by atoms with van der Waals surface area (Å²) >= 11 is 5.97. The lowest BCUT2D eigenvalue weighted by molar-refractivity contribution is 0.0926. The molecular formula is C16H20Cl2N4O. The summed E-state index contributed by atoms with van der Waals surface area (Å²) in [5.41, 5.74) is 7.26. The molecule has 7 heteroatoms. The van der Waals surface area contributed by atoms with Gasteiger partial charge in [-0.3, -0.25) is 4.79 Å². The number of rotatable bonds is 3. The molecule has 2 aromatic rings. The molecule has 3 rings (SSSR count).